The third-order valence-corrected chi connectivity index (χ3v) is 8.37. The minimum atomic E-state index is -0.433. The molecule has 9 nitrogen and oxygen atoms in total. The Bertz CT molecular complexity index is 1800. The van der Waals surface area contributed by atoms with Gasteiger partial charge in [0.1, 0.15) is 23.1 Å². The first-order valence-corrected chi connectivity index (χ1v) is 14.2. The number of nitrogens with one attached hydrogen (secondary N) is 1. The first-order chi connectivity index (χ1) is 19.7. The van der Waals surface area contributed by atoms with Gasteiger partial charge in [0.2, 0.25) is 0 Å². The molecule has 210 valence electrons. The Hall–Kier alpha value is -4.28. The highest BCUT2D eigenvalue weighted by molar-refractivity contribution is 7.15. The number of hydrogen-bond acceptors (Lipinski definition) is 7. The summed E-state index contributed by atoms with van der Waals surface area (Å²) in [5, 5.41) is 13.3. The van der Waals surface area contributed by atoms with Crippen molar-refractivity contribution in [1.82, 2.24) is 24.6 Å². The third kappa shape index (κ3) is 5.40. The van der Waals surface area contributed by atoms with Crippen molar-refractivity contribution in [2.24, 2.45) is 0 Å². The maximum absolute atomic E-state index is 13.7. The fourth-order valence-corrected chi connectivity index (χ4v) is 6.20. The van der Waals surface area contributed by atoms with Crippen LogP contribution in [0, 0.1) is 20.8 Å². The molecule has 0 aliphatic carbocycles. The normalized spacial score (nSPS) is 11.1. The van der Waals surface area contributed by atoms with Gasteiger partial charge in [-0.2, -0.15) is 0 Å². The Labute approximate surface area is 245 Å². The standard InChI is InChI=1S/C30H28ClN5O4S/c1-5-40-26(37)16-35-23-13-9-6-10-20(23)14-24(35)29(39)32-15-25-34-33-19(4)36(25)30-27(17(2)18(3)41-30)28(38)21-11-7-8-12-22(21)31/h6-14H,5,15-16H2,1-4H3,(H,32,39). The fraction of sp³-hybridized carbons (Fsp3) is 0.233. The SMILES string of the molecule is CCOC(=O)Cn1c(C(=O)NCc2nnc(C)n2-c2sc(C)c(C)c2C(=O)c2ccccc2Cl)cc2ccccc21. The molecule has 0 atom stereocenters. The lowest BCUT2D eigenvalue weighted by Gasteiger charge is -2.12. The number of carbonyl (C=O) groups excluding carboxylic acids is 3. The number of fused-ring (bicyclic) bond motifs is 1. The molecule has 0 aliphatic heterocycles. The molecular weight excluding hydrogens is 562 g/mol. The second kappa shape index (κ2) is 11.7. The van der Waals surface area contributed by atoms with Crippen LogP contribution in [0.15, 0.2) is 54.6 Å². The van der Waals surface area contributed by atoms with E-state index in [1.54, 1.807) is 53.3 Å². The number of benzene rings is 2. The molecule has 5 rings (SSSR count). The number of amides is 1. The molecule has 11 heteroatoms. The van der Waals surface area contributed by atoms with E-state index in [1.165, 1.54) is 11.3 Å². The first kappa shape index (κ1) is 28.3. The monoisotopic (exact) mass is 589 g/mol. The summed E-state index contributed by atoms with van der Waals surface area (Å²) in [5.74, 6) is 0.0125. The zero-order valence-corrected chi connectivity index (χ0v) is 24.6. The molecule has 5 aromatic rings. The third-order valence-electron chi connectivity index (χ3n) is 6.85. The molecule has 0 spiro atoms. The van der Waals surface area contributed by atoms with Crippen molar-refractivity contribution in [1.29, 1.82) is 0 Å². The number of esters is 1. The number of rotatable bonds is 9. The van der Waals surface area contributed by atoms with Crippen LogP contribution in [-0.2, 0) is 22.6 Å². The van der Waals surface area contributed by atoms with Gasteiger partial charge in [0.15, 0.2) is 11.6 Å². The number of ether oxygens (including phenoxy) is 1. The van der Waals surface area contributed by atoms with E-state index in [0.717, 1.165) is 21.3 Å². The summed E-state index contributed by atoms with van der Waals surface area (Å²) in [6.45, 7) is 7.58. The molecule has 1 amide bonds. The predicted octanol–water partition coefficient (Wildman–Crippen LogP) is 5.59. The number of thiophene rings is 1. The molecular formula is C30H28ClN5O4S. The van der Waals surface area contributed by atoms with E-state index in [4.69, 9.17) is 16.3 Å². The molecule has 41 heavy (non-hydrogen) atoms. The second-order valence-electron chi connectivity index (χ2n) is 9.43. The number of aryl methyl sites for hydroxylation is 2. The highest BCUT2D eigenvalue weighted by atomic mass is 35.5. The molecule has 2 aromatic carbocycles. The van der Waals surface area contributed by atoms with E-state index in [2.05, 4.69) is 15.5 Å². The van der Waals surface area contributed by atoms with Crippen LogP contribution >= 0.6 is 22.9 Å². The van der Waals surface area contributed by atoms with Gasteiger partial charge in [-0.25, -0.2) is 0 Å². The largest absolute Gasteiger partial charge is 0.465 e. The van der Waals surface area contributed by atoms with Gasteiger partial charge in [0.05, 0.1) is 23.7 Å². The Kier molecular flexibility index (Phi) is 8.05. The minimum absolute atomic E-state index is 0.0380. The van der Waals surface area contributed by atoms with Gasteiger partial charge in [-0.3, -0.25) is 19.0 Å². The van der Waals surface area contributed by atoms with Crippen molar-refractivity contribution in [3.05, 3.63) is 98.5 Å². The van der Waals surface area contributed by atoms with Gasteiger partial charge in [-0.1, -0.05) is 41.9 Å². The van der Waals surface area contributed by atoms with Gasteiger partial charge in [-0.15, -0.1) is 21.5 Å². The van der Waals surface area contributed by atoms with Crippen LogP contribution < -0.4 is 5.32 Å². The van der Waals surface area contributed by atoms with Crippen LogP contribution in [0.1, 0.15) is 55.4 Å². The Morgan fingerprint density at radius 2 is 1.76 bits per heavy atom. The van der Waals surface area contributed by atoms with Gasteiger partial charge < -0.3 is 14.6 Å². The van der Waals surface area contributed by atoms with Crippen LogP contribution in [0.3, 0.4) is 0 Å². The summed E-state index contributed by atoms with van der Waals surface area (Å²) in [6.07, 6.45) is 0. The van der Waals surface area contributed by atoms with Gasteiger partial charge in [0.25, 0.3) is 5.91 Å². The summed E-state index contributed by atoms with van der Waals surface area (Å²) in [6, 6.07) is 16.1. The molecule has 0 radical (unpaired) electrons. The summed E-state index contributed by atoms with van der Waals surface area (Å²) >= 11 is 7.83. The van der Waals surface area contributed by atoms with E-state index in [1.807, 2.05) is 38.1 Å². The maximum atomic E-state index is 13.7. The van der Waals surface area contributed by atoms with Crippen molar-refractivity contribution in [3.63, 3.8) is 0 Å². The van der Waals surface area contributed by atoms with Crippen LogP contribution in [0.5, 0.6) is 0 Å². The lowest BCUT2D eigenvalue weighted by molar-refractivity contribution is -0.143. The number of hydrogen-bond donors (Lipinski definition) is 1. The smallest absolute Gasteiger partial charge is 0.325 e. The topological polar surface area (TPSA) is 108 Å². The number of aromatic nitrogens is 4. The average molecular weight is 590 g/mol. The van der Waals surface area contributed by atoms with E-state index >= 15 is 0 Å². The molecule has 1 N–H and O–H groups in total. The Morgan fingerprint density at radius 3 is 2.51 bits per heavy atom. The molecule has 3 heterocycles. The number of nitrogens with zero attached hydrogens (tertiary/aromatic N) is 4. The van der Waals surface area contributed by atoms with Crippen molar-refractivity contribution >= 4 is 51.5 Å². The van der Waals surface area contributed by atoms with E-state index in [0.29, 0.717) is 38.5 Å². The quantitative estimate of drug-likeness (QED) is 0.177. The number of para-hydroxylation sites is 1. The second-order valence-corrected chi connectivity index (χ2v) is 11.0. The van der Waals surface area contributed by atoms with Crippen LogP contribution in [0.25, 0.3) is 15.9 Å². The minimum Gasteiger partial charge on any atom is -0.465 e. The lowest BCUT2D eigenvalue weighted by Crippen LogP contribution is -2.28. The van der Waals surface area contributed by atoms with Crippen molar-refractivity contribution in [3.8, 4) is 5.00 Å². The molecule has 0 unspecified atom stereocenters. The predicted molar refractivity (Wildman–Crippen MR) is 158 cm³/mol. The van der Waals surface area contributed by atoms with Crippen molar-refractivity contribution in [2.75, 3.05) is 6.61 Å². The number of ketones is 1. The Morgan fingerprint density at radius 1 is 1.02 bits per heavy atom. The highest BCUT2D eigenvalue weighted by Gasteiger charge is 2.27. The zero-order valence-electron chi connectivity index (χ0n) is 23.0. The van der Waals surface area contributed by atoms with Crippen molar-refractivity contribution in [2.45, 2.75) is 40.8 Å². The molecule has 0 aliphatic rings. The van der Waals surface area contributed by atoms with Crippen molar-refractivity contribution < 1.29 is 19.1 Å². The summed E-state index contributed by atoms with van der Waals surface area (Å²) in [5.41, 5.74) is 2.84. The van der Waals surface area contributed by atoms with E-state index in [-0.39, 0.29) is 31.4 Å². The van der Waals surface area contributed by atoms with E-state index in [9.17, 15) is 14.4 Å². The Balaban J connectivity index is 1.47. The fourth-order valence-electron chi connectivity index (χ4n) is 4.75. The molecule has 0 bridgehead atoms. The van der Waals surface area contributed by atoms with Gasteiger partial charge in [-0.05, 0) is 57.5 Å². The summed E-state index contributed by atoms with van der Waals surface area (Å²) in [4.78, 5) is 40.5. The van der Waals surface area contributed by atoms with Crippen LogP contribution in [0.4, 0.5) is 0 Å². The number of halogens is 1. The first-order valence-electron chi connectivity index (χ1n) is 13.0. The molecule has 3 aromatic heterocycles. The summed E-state index contributed by atoms with van der Waals surface area (Å²) < 4.78 is 8.57. The highest BCUT2D eigenvalue weighted by Crippen LogP contribution is 2.35. The zero-order chi connectivity index (χ0) is 29.3. The average Bonchev–Trinajstić information content (AvgIpc) is 3.60. The lowest BCUT2D eigenvalue weighted by atomic mass is 10.0. The van der Waals surface area contributed by atoms with Gasteiger partial charge >= 0.3 is 5.97 Å². The molecule has 0 saturated heterocycles. The number of carbonyl (C=O) groups is 3. The molecule has 0 saturated carbocycles. The van der Waals surface area contributed by atoms with E-state index < -0.39 is 5.97 Å². The van der Waals surface area contributed by atoms with Gasteiger partial charge in [0, 0.05) is 21.3 Å². The van der Waals surface area contributed by atoms with Crippen LogP contribution in [-0.4, -0.2) is 43.6 Å². The van der Waals surface area contributed by atoms with Crippen LogP contribution in [0.2, 0.25) is 5.02 Å². The molecule has 0 fully saturated rings. The maximum Gasteiger partial charge on any atom is 0.325 e. The summed E-state index contributed by atoms with van der Waals surface area (Å²) in [7, 11) is 0.